The zero-order valence-corrected chi connectivity index (χ0v) is 5.76. The van der Waals surface area contributed by atoms with Crippen molar-refractivity contribution in [1.82, 2.24) is 0 Å². The summed E-state index contributed by atoms with van der Waals surface area (Å²) in [6, 6.07) is 0. The predicted molar refractivity (Wildman–Crippen MR) is 37.2 cm³/mol. The predicted octanol–water partition coefficient (Wildman–Crippen LogP) is 1.39. The second kappa shape index (κ2) is 4.15. The van der Waals surface area contributed by atoms with Gasteiger partial charge in [-0.15, -0.1) is 0 Å². The molecule has 0 radical (unpaired) electrons. The van der Waals surface area contributed by atoms with Gasteiger partial charge in [0.15, 0.2) is 0 Å². The van der Waals surface area contributed by atoms with E-state index in [0.29, 0.717) is 5.57 Å². The van der Waals surface area contributed by atoms with Crippen molar-refractivity contribution in [2.75, 3.05) is 6.61 Å². The minimum atomic E-state index is -0.104. The number of aliphatic hydroxyl groups excluding tert-OH is 2. The van der Waals surface area contributed by atoms with Gasteiger partial charge in [-0.2, -0.15) is 0 Å². The van der Waals surface area contributed by atoms with E-state index >= 15 is 0 Å². The zero-order valence-electron chi connectivity index (χ0n) is 5.76. The van der Waals surface area contributed by atoms with E-state index in [1.165, 1.54) is 0 Å². The van der Waals surface area contributed by atoms with Crippen molar-refractivity contribution in [3.8, 4) is 0 Å². The first-order valence-electron chi connectivity index (χ1n) is 2.88. The second-order valence-corrected chi connectivity index (χ2v) is 1.65. The van der Waals surface area contributed by atoms with E-state index in [0.717, 1.165) is 0 Å². The highest BCUT2D eigenvalue weighted by molar-refractivity contribution is 5.23. The van der Waals surface area contributed by atoms with Crippen LogP contribution in [-0.2, 0) is 0 Å². The lowest BCUT2D eigenvalue weighted by molar-refractivity contribution is 0.314. The molecule has 0 bridgehead atoms. The van der Waals surface area contributed by atoms with Crippen LogP contribution in [0, 0.1) is 0 Å². The minimum absolute atomic E-state index is 0.104. The molecular weight excluding hydrogens is 116 g/mol. The molecule has 0 amide bonds. The largest absolute Gasteiger partial charge is 0.508 e. The average Bonchev–Trinajstić information content (AvgIpc) is 1.90. The highest BCUT2D eigenvalue weighted by Crippen LogP contribution is 2.03. The molecule has 0 fully saturated rings. The van der Waals surface area contributed by atoms with Crippen LogP contribution < -0.4 is 0 Å². The van der Waals surface area contributed by atoms with Gasteiger partial charge in [-0.1, -0.05) is 6.08 Å². The molecule has 0 spiro atoms. The molecule has 0 aliphatic rings. The van der Waals surface area contributed by atoms with Crippen LogP contribution in [0.4, 0.5) is 0 Å². The normalized spacial score (nSPS) is 14.1. The van der Waals surface area contributed by atoms with E-state index in [4.69, 9.17) is 10.2 Å². The Morgan fingerprint density at radius 2 is 1.89 bits per heavy atom. The standard InChI is InChI=1S/C7H12O2/c1-3-6(5-8)7(9)4-2/h3-4,8-9H,5H2,1-2H3/b6-3-,7-4+. The summed E-state index contributed by atoms with van der Waals surface area (Å²) in [6.45, 7) is 3.38. The third-order valence-corrected chi connectivity index (χ3v) is 1.12. The van der Waals surface area contributed by atoms with Crippen LogP contribution in [0.1, 0.15) is 13.8 Å². The molecule has 0 rings (SSSR count). The molecule has 2 heteroatoms. The molecule has 0 aromatic carbocycles. The van der Waals surface area contributed by atoms with Crippen LogP contribution in [0.25, 0.3) is 0 Å². The van der Waals surface area contributed by atoms with Gasteiger partial charge >= 0.3 is 0 Å². The molecule has 0 heterocycles. The van der Waals surface area contributed by atoms with Crippen molar-refractivity contribution in [3.05, 3.63) is 23.5 Å². The summed E-state index contributed by atoms with van der Waals surface area (Å²) >= 11 is 0. The van der Waals surface area contributed by atoms with Crippen molar-refractivity contribution in [2.24, 2.45) is 0 Å². The quantitative estimate of drug-likeness (QED) is 0.435. The molecule has 2 nitrogen and oxygen atoms in total. The molecule has 0 saturated heterocycles. The van der Waals surface area contributed by atoms with Crippen molar-refractivity contribution >= 4 is 0 Å². The van der Waals surface area contributed by atoms with E-state index in [-0.39, 0.29) is 12.4 Å². The zero-order chi connectivity index (χ0) is 7.28. The van der Waals surface area contributed by atoms with E-state index in [1.54, 1.807) is 26.0 Å². The molecule has 0 saturated carbocycles. The lowest BCUT2D eigenvalue weighted by Crippen LogP contribution is -1.92. The Balaban J connectivity index is 4.14. The monoisotopic (exact) mass is 128 g/mol. The molecule has 0 aliphatic heterocycles. The molecule has 2 N–H and O–H groups in total. The van der Waals surface area contributed by atoms with Crippen molar-refractivity contribution in [2.45, 2.75) is 13.8 Å². The van der Waals surface area contributed by atoms with Crippen molar-refractivity contribution in [1.29, 1.82) is 0 Å². The summed E-state index contributed by atoms with van der Waals surface area (Å²) < 4.78 is 0. The van der Waals surface area contributed by atoms with E-state index in [2.05, 4.69) is 0 Å². The summed E-state index contributed by atoms with van der Waals surface area (Å²) in [5.74, 6) is 0.153. The molecule has 0 unspecified atom stereocenters. The van der Waals surface area contributed by atoms with Crippen LogP contribution in [0.3, 0.4) is 0 Å². The van der Waals surface area contributed by atoms with Gasteiger partial charge in [0.1, 0.15) is 5.76 Å². The van der Waals surface area contributed by atoms with Crippen LogP contribution in [-0.4, -0.2) is 16.8 Å². The SMILES string of the molecule is C/C=C(CO)\C(O)=C/C. The summed E-state index contributed by atoms with van der Waals surface area (Å²) in [5, 5.41) is 17.5. The van der Waals surface area contributed by atoms with Gasteiger partial charge in [0.2, 0.25) is 0 Å². The molecule has 0 atom stereocenters. The third-order valence-electron chi connectivity index (χ3n) is 1.12. The van der Waals surface area contributed by atoms with Crippen molar-refractivity contribution in [3.63, 3.8) is 0 Å². The fourth-order valence-electron chi connectivity index (χ4n) is 0.506. The number of allylic oxidation sites excluding steroid dienone is 2. The molecule has 52 valence electrons. The highest BCUT2D eigenvalue weighted by Gasteiger charge is 1.95. The van der Waals surface area contributed by atoms with Gasteiger partial charge in [-0.25, -0.2) is 0 Å². The summed E-state index contributed by atoms with van der Waals surface area (Å²) in [5.41, 5.74) is 0.567. The van der Waals surface area contributed by atoms with Gasteiger partial charge in [0.25, 0.3) is 0 Å². The Morgan fingerprint density at radius 1 is 1.33 bits per heavy atom. The second-order valence-electron chi connectivity index (χ2n) is 1.65. The fraction of sp³-hybridized carbons (Fsp3) is 0.429. The topological polar surface area (TPSA) is 40.5 Å². The fourth-order valence-corrected chi connectivity index (χ4v) is 0.506. The molecule has 0 aliphatic carbocycles. The van der Waals surface area contributed by atoms with Gasteiger partial charge in [0, 0.05) is 5.57 Å². The molecule has 0 aromatic rings. The lowest BCUT2D eigenvalue weighted by Gasteiger charge is -1.98. The third kappa shape index (κ3) is 2.33. The van der Waals surface area contributed by atoms with Gasteiger partial charge in [-0.3, -0.25) is 0 Å². The summed E-state index contributed by atoms with van der Waals surface area (Å²) in [6.07, 6.45) is 3.22. The van der Waals surface area contributed by atoms with Crippen LogP contribution in [0.15, 0.2) is 23.5 Å². The molecular formula is C7H12O2. The molecule has 0 aromatic heterocycles. The number of hydrogen-bond acceptors (Lipinski definition) is 2. The molecule has 9 heavy (non-hydrogen) atoms. The lowest BCUT2D eigenvalue weighted by atomic mass is 10.2. The Hall–Kier alpha value is -0.760. The summed E-state index contributed by atoms with van der Waals surface area (Å²) in [7, 11) is 0. The maximum absolute atomic E-state index is 8.95. The number of hydrogen-bond donors (Lipinski definition) is 2. The minimum Gasteiger partial charge on any atom is -0.508 e. The Bertz CT molecular complexity index is 134. The van der Waals surface area contributed by atoms with Crippen LogP contribution >= 0.6 is 0 Å². The first-order chi connectivity index (χ1) is 4.26. The summed E-state index contributed by atoms with van der Waals surface area (Å²) in [4.78, 5) is 0. The van der Waals surface area contributed by atoms with Gasteiger partial charge in [-0.05, 0) is 19.9 Å². The highest BCUT2D eigenvalue weighted by atomic mass is 16.3. The van der Waals surface area contributed by atoms with E-state index < -0.39 is 0 Å². The van der Waals surface area contributed by atoms with Gasteiger partial charge < -0.3 is 10.2 Å². The van der Waals surface area contributed by atoms with E-state index in [9.17, 15) is 0 Å². The Kier molecular flexibility index (Phi) is 3.80. The van der Waals surface area contributed by atoms with Crippen LogP contribution in [0.2, 0.25) is 0 Å². The smallest absolute Gasteiger partial charge is 0.116 e. The number of aliphatic hydroxyl groups is 2. The number of rotatable bonds is 2. The van der Waals surface area contributed by atoms with Crippen molar-refractivity contribution < 1.29 is 10.2 Å². The van der Waals surface area contributed by atoms with Crippen LogP contribution in [0.5, 0.6) is 0 Å². The maximum Gasteiger partial charge on any atom is 0.116 e. The Morgan fingerprint density at radius 3 is 2.00 bits per heavy atom. The van der Waals surface area contributed by atoms with E-state index in [1.807, 2.05) is 0 Å². The Labute approximate surface area is 55.1 Å². The first-order valence-corrected chi connectivity index (χ1v) is 2.88. The van der Waals surface area contributed by atoms with Gasteiger partial charge in [0.05, 0.1) is 6.61 Å². The average molecular weight is 128 g/mol. The first kappa shape index (κ1) is 8.24. The maximum atomic E-state index is 8.95.